The molecule has 0 amide bonds. The van der Waals surface area contributed by atoms with Gasteiger partial charge in [-0.1, -0.05) is 38.1 Å². The van der Waals surface area contributed by atoms with Crippen molar-refractivity contribution in [3.8, 4) is 0 Å². The Morgan fingerprint density at radius 2 is 2.04 bits per heavy atom. The van der Waals surface area contributed by atoms with Crippen molar-refractivity contribution in [3.63, 3.8) is 0 Å². The molecule has 0 bridgehead atoms. The van der Waals surface area contributed by atoms with E-state index < -0.39 is 5.97 Å². The summed E-state index contributed by atoms with van der Waals surface area (Å²) >= 11 is 0. The van der Waals surface area contributed by atoms with Gasteiger partial charge >= 0.3 is 5.97 Å². The van der Waals surface area contributed by atoms with Crippen molar-refractivity contribution in [3.05, 3.63) is 65.1 Å². The molecule has 0 unspecified atom stereocenters. The van der Waals surface area contributed by atoms with E-state index in [-0.39, 0.29) is 0 Å². The van der Waals surface area contributed by atoms with Gasteiger partial charge in [-0.25, -0.2) is 4.79 Å². The molecule has 1 aromatic carbocycles. The van der Waals surface area contributed by atoms with E-state index in [1.165, 1.54) is 0 Å². The lowest BCUT2D eigenvalue weighted by Gasteiger charge is -2.14. The van der Waals surface area contributed by atoms with Crippen LogP contribution in [0.2, 0.25) is 0 Å². The van der Waals surface area contributed by atoms with Gasteiger partial charge in [-0.3, -0.25) is 4.98 Å². The van der Waals surface area contributed by atoms with E-state index in [2.05, 4.69) is 24.9 Å². The first kappa shape index (κ1) is 15.3. The van der Waals surface area contributed by atoms with Gasteiger partial charge < -0.3 is 9.67 Å². The maximum Gasteiger partial charge on any atom is 0.352 e. The van der Waals surface area contributed by atoms with Gasteiger partial charge in [0.05, 0.1) is 17.8 Å². The zero-order valence-corrected chi connectivity index (χ0v) is 13.6. The van der Waals surface area contributed by atoms with E-state index in [1.54, 1.807) is 12.3 Å². The molecule has 23 heavy (non-hydrogen) atoms. The Hall–Kier alpha value is -2.62. The van der Waals surface area contributed by atoms with Crippen molar-refractivity contribution in [2.45, 2.75) is 33.2 Å². The van der Waals surface area contributed by atoms with Gasteiger partial charge in [-0.05, 0) is 36.1 Å². The Bertz CT molecular complexity index is 878. The molecule has 4 nitrogen and oxygen atoms in total. The Balaban J connectivity index is 2.26. The molecule has 0 spiro atoms. The molecule has 3 rings (SSSR count). The number of aromatic carboxylic acids is 1. The third-order valence-electron chi connectivity index (χ3n) is 4.22. The molecule has 0 saturated heterocycles. The van der Waals surface area contributed by atoms with Crippen molar-refractivity contribution < 1.29 is 9.90 Å². The minimum atomic E-state index is -0.913. The first-order valence-electron chi connectivity index (χ1n) is 7.75. The lowest BCUT2D eigenvalue weighted by molar-refractivity contribution is 0.0686. The number of benzene rings is 1. The number of hydrogen-bond donors (Lipinski definition) is 1. The molecule has 3 aromatic rings. The fraction of sp³-hybridized carbons (Fsp3) is 0.263. The predicted octanol–water partition coefficient (Wildman–Crippen LogP) is 4.21. The molecular weight excluding hydrogens is 288 g/mol. The van der Waals surface area contributed by atoms with Crippen LogP contribution < -0.4 is 0 Å². The van der Waals surface area contributed by atoms with Crippen molar-refractivity contribution >= 4 is 16.9 Å². The molecule has 0 radical (unpaired) electrons. The molecular formula is C19H20N2O2. The van der Waals surface area contributed by atoms with Crippen LogP contribution in [0.4, 0.5) is 0 Å². The van der Waals surface area contributed by atoms with E-state index in [1.807, 2.05) is 35.8 Å². The summed E-state index contributed by atoms with van der Waals surface area (Å²) in [5, 5.41) is 10.6. The van der Waals surface area contributed by atoms with Gasteiger partial charge in [0.1, 0.15) is 5.69 Å². The fourth-order valence-electron chi connectivity index (χ4n) is 2.99. The summed E-state index contributed by atoms with van der Waals surface area (Å²) in [4.78, 5) is 16.1. The van der Waals surface area contributed by atoms with Gasteiger partial charge in [0, 0.05) is 11.6 Å². The number of para-hydroxylation sites is 1. The zero-order valence-electron chi connectivity index (χ0n) is 13.6. The molecule has 2 heterocycles. The Labute approximate surface area is 135 Å². The SMILES string of the molecule is Cc1cccnc1Cn1c(C(=O)O)cc2cccc(C(C)C)c21. The second-order valence-corrected chi connectivity index (χ2v) is 6.13. The molecule has 1 N–H and O–H groups in total. The second kappa shape index (κ2) is 5.88. The highest BCUT2D eigenvalue weighted by Crippen LogP contribution is 2.29. The van der Waals surface area contributed by atoms with Gasteiger partial charge in [-0.2, -0.15) is 0 Å². The standard InChI is InChI=1S/C19H20N2O2/c1-12(2)15-8-4-7-14-10-17(19(22)23)21(18(14)15)11-16-13(3)6-5-9-20-16/h4-10,12H,11H2,1-3H3,(H,22,23). The van der Waals surface area contributed by atoms with Crippen LogP contribution in [0.3, 0.4) is 0 Å². The van der Waals surface area contributed by atoms with Crippen LogP contribution in [0.1, 0.15) is 47.1 Å². The van der Waals surface area contributed by atoms with E-state index in [0.717, 1.165) is 27.7 Å². The van der Waals surface area contributed by atoms with Crippen LogP contribution >= 0.6 is 0 Å². The highest BCUT2D eigenvalue weighted by Gasteiger charge is 2.19. The predicted molar refractivity (Wildman–Crippen MR) is 91.1 cm³/mol. The van der Waals surface area contributed by atoms with Crippen molar-refractivity contribution in [1.29, 1.82) is 0 Å². The van der Waals surface area contributed by atoms with Crippen LogP contribution in [0.15, 0.2) is 42.6 Å². The average molecular weight is 308 g/mol. The van der Waals surface area contributed by atoms with Gasteiger partial charge in [0.2, 0.25) is 0 Å². The van der Waals surface area contributed by atoms with Crippen molar-refractivity contribution in [1.82, 2.24) is 9.55 Å². The van der Waals surface area contributed by atoms with Crippen LogP contribution in [0.25, 0.3) is 10.9 Å². The number of aromatic nitrogens is 2. The summed E-state index contributed by atoms with van der Waals surface area (Å²) in [5.41, 5.74) is 4.41. The van der Waals surface area contributed by atoms with Crippen molar-refractivity contribution in [2.24, 2.45) is 0 Å². The number of carboxylic acids is 1. The first-order valence-corrected chi connectivity index (χ1v) is 7.75. The molecule has 0 fully saturated rings. The smallest absolute Gasteiger partial charge is 0.352 e. The van der Waals surface area contributed by atoms with Gasteiger partial charge in [0.15, 0.2) is 0 Å². The summed E-state index contributed by atoms with van der Waals surface area (Å²) < 4.78 is 1.88. The maximum atomic E-state index is 11.7. The number of hydrogen-bond acceptors (Lipinski definition) is 2. The molecule has 0 atom stereocenters. The summed E-state index contributed by atoms with van der Waals surface area (Å²) in [6.45, 7) is 6.70. The number of pyridine rings is 1. The van der Waals surface area contributed by atoms with Crippen LogP contribution in [-0.4, -0.2) is 20.6 Å². The third-order valence-corrected chi connectivity index (χ3v) is 4.22. The number of nitrogens with zero attached hydrogens (tertiary/aromatic N) is 2. The Morgan fingerprint density at radius 3 is 2.70 bits per heavy atom. The number of carboxylic acid groups (broad SMARTS) is 1. The minimum Gasteiger partial charge on any atom is -0.477 e. The molecule has 4 heteroatoms. The monoisotopic (exact) mass is 308 g/mol. The van der Waals surface area contributed by atoms with E-state index in [9.17, 15) is 9.90 Å². The lowest BCUT2D eigenvalue weighted by Crippen LogP contribution is -2.12. The summed E-state index contributed by atoms with van der Waals surface area (Å²) in [6.07, 6.45) is 1.75. The largest absolute Gasteiger partial charge is 0.477 e. The third kappa shape index (κ3) is 2.72. The number of aryl methyl sites for hydroxylation is 1. The average Bonchev–Trinajstić information content (AvgIpc) is 2.88. The number of rotatable bonds is 4. The maximum absolute atomic E-state index is 11.7. The van der Waals surface area contributed by atoms with Crippen molar-refractivity contribution in [2.75, 3.05) is 0 Å². The molecule has 0 aliphatic heterocycles. The van der Waals surface area contributed by atoms with Crippen LogP contribution in [-0.2, 0) is 6.54 Å². The fourth-order valence-corrected chi connectivity index (χ4v) is 2.99. The summed E-state index contributed by atoms with van der Waals surface area (Å²) in [6, 6.07) is 11.7. The quantitative estimate of drug-likeness (QED) is 0.785. The van der Waals surface area contributed by atoms with E-state index >= 15 is 0 Å². The van der Waals surface area contributed by atoms with E-state index in [4.69, 9.17) is 0 Å². The normalized spacial score (nSPS) is 11.3. The second-order valence-electron chi connectivity index (χ2n) is 6.13. The Morgan fingerprint density at radius 1 is 1.26 bits per heavy atom. The highest BCUT2D eigenvalue weighted by molar-refractivity contribution is 5.96. The molecule has 0 aliphatic rings. The minimum absolute atomic E-state index is 0.304. The van der Waals surface area contributed by atoms with Crippen LogP contribution in [0.5, 0.6) is 0 Å². The lowest BCUT2D eigenvalue weighted by atomic mass is 10.0. The molecule has 0 saturated carbocycles. The summed E-state index contributed by atoms with van der Waals surface area (Å²) in [7, 11) is 0. The molecule has 2 aromatic heterocycles. The van der Waals surface area contributed by atoms with Gasteiger partial charge in [0.25, 0.3) is 0 Å². The number of carbonyl (C=O) groups is 1. The van der Waals surface area contributed by atoms with Crippen LogP contribution in [0, 0.1) is 6.92 Å². The number of fused-ring (bicyclic) bond motifs is 1. The van der Waals surface area contributed by atoms with Gasteiger partial charge in [-0.15, -0.1) is 0 Å². The zero-order chi connectivity index (χ0) is 16.6. The molecule has 0 aliphatic carbocycles. The highest BCUT2D eigenvalue weighted by atomic mass is 16.4. The van der Waals surface area contributed by atoms with E-state index in [0.29, 0.717) is 18.2 Å². The topological polar surface area (TPSA) is 55.1 Å². The Kier molecular flexibility index (Phi) is 3.90. The first-order chi connectivity index (χ1) is 11.0. The summed E-state index contributed by atoms with van der Waals surface area (Å²) in [5.74, 6) is -0.594. The molecule has 118 valence electrons.